The quantitative estimate of drug-likeness (QED) is 0.213. The lowest BCUT2D eigenvalue weighted by atomic mass is 9.97. The molecular formula is C30H28BrNO5. The molecule has 3 aromatic carbocycles. The summed E-state index contributed by atoms with van der Waals surface area (Å²) in [4.78, 5) is 29.3. The number of halogens is 1. The summed E-state index contributed by atoms with van der Waals surface area (Å²) in [7, 11) is 0. The molecule has 4 aromatic rings. The third kappa shape index (κ3) is 4.64. The molecule has 1 aliphatic rings. The second-order valence-corrected chi connectivity index (χ2v) is 9.99. The van der Waals surface area contributed by atoms with Crippen molar-refractivity contribution in [2.75, 3.05) is 18.1 Å². The number of anilines is 1. The van der Waals surface area contributed by atoms with Gasteiger partial charge in [0.1, 0.15) is 5.58 Å². The fraction of sp³-hybridized carbons (Fsp3) is 0.267. The van der Waals surface area contributed by atoms with E-state index in [0.717, 1.165) is 28.4 Å². The number of aryl methyl sites for hydroxylation is 1. The summed E-state index contributed by atoms with van der Waals surface area (Å²) in [5.41, 5.74) is 2.83. The van der Waals surface area contributed by atoms with Gasteiger partial charge in [-0.15, -0.1) is 0 Å². The number of fused-ring (bicyclic) bond motifs is 2. The van der Waals surface area contributed by atoms with Crippen LogP contribution in [-0.2, 0) is 0 Å². The Morgan fingerprint density at radius 2 is 1.81 bits per heavy atom. The molecule has 0 saturated heterocycles. The Hall–Kier alpha value is -3.58. The van der Waals surface area contributed by atoms with E-state index in [1.807, 2.05) is 62.4 Å². The zero-order valence-electron chi connectivity index (χ0n) is 21.0. The number of nitrogens with zero attached hydrogens (tertiary/aromatic N) is 1. The lowest BCUT2D eigenvalue weighted by Gasteiger charge is -2.26. The number of hydrogen-bond donors (Lipinski definition) is 0. The molecule has 5 rings (SSSR count). The van der Waals surface area contributed by atoms with E-state index in [4.69, 9.17) is 13.9 Å². The minimum Gasteiger partial charge on any atom is -0.490 e. The van der Waals surface area contributed by atoms with Gasteiger partial charge in [-0.05, 0) is 68.3 Å². The smallest absolute Gasteiger partial charge is 0.295 e. The second kappa shape index (κ2) is 10.4. The van der Waals surface area contributed by atoms with E-state index in [1.165, 1.54) is 0 Å². The van der Waals surface area contributed by atoms with E-state index in [-0.39, 0.29) is 17.1 Å². The van der Waals surface area contributed by atoms with Crippen molar-refractivity contribution < 1.29 is 18.7 Å². The summed E-state index contributed by atoms with van der Waals surface area (Å²) in [5.74, 6) is 0.914. The maximum Gasteiger partial charge on any atom is 0.295 e. The highest BCUT2D eigenvalue weighted by atomic mass is 79.9. The first-order valence-corrected chi connectivity index (χ1v) is 13.3. The molecule has 1 aliphatic heterocycles. The van der Waals surface area contributed by atoms with E-state index in [9.17, 15) is 9.59 Å². The standard InChI is InChI=1S/C30H28BrNO5/c1-4-6-14-36-24-13-11-19(16-25(24)35-5-2)27-26-28(33)22-15-18(3)10-12-23(22)37-29(26)30(34)32(27)21-9-7-8-20(31)17-21/h7-13,15-17,27H,4-6,14H2,1-3H3. The molecule has 0 N–H and O–H groups in total. The maximum absolute atomic E-state index is 13.9. The van der Waals surface area contributed by atoms with Gasteiger partial charge in [0.25, 0.3) is 5.91 Å². The molecule has 0 spiro atoms. The van der Waals surface area contributed by atoms with Crippen molar-refractivity contribution >= 4 is 38.5 Å². The molecule has 0 fully saturated rings. The van der Waals surface area contributed by atoms with Crippen molar-refractivity contribution in [3.63, 3.8) is 0 Å². The molecular weight excluding hydrogens is 534 g/mol. The average Bonchev–Trinajstić information content (AvgIpc) is 3.18. The number of hydrogen-bond acceptors (Lipinski definition) is 5. The summed E-state index contributed by atoms with van der Waals surface area (Å²) in [6.45, 7) is 6.98. The van der Waals surface area contributed by atoms with Gasteiger partial charge in [0.05, 0.1) is 30.2 Å². The zero-order valence-corrected chi connectivity index (χ0v) is 22.6. The van der Waals surface area contributed by atoms with Crippen molar-refractivity contribution in [1.82, 2.24) is 0 Å². The molecule has 0 aliphatic carbocycles. The topological polar surface area (TPSA) is 69.0 Å². The van der Waals surface area contributed by atoms with Crippen LogP contribution >= 0.6 is 15.9 Å². The lowest BCUT2D eigenvalue weighted by Crippen LogP contribution is -2.29. The molecule has 0 radical (unpaired) electrons. The van der Waals surface area contributed by atoms with Crippen LogP contribution in [0.4, 0.5) is 5.69 Å². The molecule has 0 bridgehead atoms. The highest BCUT2D eigenvalue weighted by molar-refractivity contribution is 9.10. The minimum atomic E-state index is -0.693. The Kier molecular flexibility index (Phi) is 7.07. The Balaban J connectivity index is 1.72. The number of rotatable bonds is 8. The van der Waals surface area contributed by atoms with Crippen LogP contribution in [0.25, 0.3) is 11.0 Å². The monoisotopic (exact) mass is 561 g/mol. The number of ether oxygens (including phenoxy) is 2. The highest BCUT2D eigenvalue weighted by Crippen LogP contribution is 2.43. The number of amides is 1. The fourth-order valence-electron chi connectivity index (χ4n) is 4.70. The van der Waals surface area contributed by atoms with Crippen LogP contribution in [-0.4, -0.2) is 19.1 Å². The zero-order chi connectivity index (χ0) is 26.1. The molecule has 2 heterocycles. The third-order valence-corrected chi connectivity index (χ3v) is 6.94. The fourth-order valence-corrected chi connectivity index (χ4v) is 5.09. The Morgan fingerprint density at radius 1 is 0.973 bits per heavy atom. The summed E-state index contributed by atoms with van der Waals surface area (Å²) in [5, 5.41) is 0.456. The van der Waals surface area contributed by atoms with E-state index < -0.39 is 6.04 Å². The molecule has 7 heteroatoms. The molecule has 37 heavy (non-hydrogen) atoms. The molecule has 1 aromatic heterocycles. The summed E-state index contributed by atoms with van der Waals surface area (Å²) in [6.07, 6.45) is 1.95. The van der Waals surface area contributed by atoms with E-state index in [1.54, 1.807) is 17.0 Å². The van der Waals surface area contributed by atoms with Gasteiger partial charge < -0.3 is 13.9 Å². The van der Waals surface area contributed by atoms with Crippen LogP contribution in [0.15, 0.2) is 74.3 Å². The van der Waals surface area contributed by atoms with Gasteiger partial charge in [-0.3, -0.25) is 14.5 Å². The first-order chi connectivity index (χ1) is 17.9. The molecule has 0 saturated carbocycles. The predicted molar refractivity (Wildman–Crippen MR) is 148 cm³/mol. The number of unbranched alkanes of at least 4 members (excludes halogenated alkanes) is 1. The Bertz CT molecular complexity index is 1540. The average molecular weight is 562 g/mol. The highest BCUT2D eigenvalue weighted by Gasteiger charge is 2.44. The normalized spacial score (nSPS) is 14.8. The van der Waals surface area contributed by atoms with Crippen molar-refractivity contribution in [2.24, 2.45) is 0 Å². The van der Waals surface area contributed by atoms with Crippen LogP contribution in [0.5, 0.6) is 11.5 Å². The van der Waals surface area contributed by atoms with Gasteiger partial charge in [-0.1, -0.05) is 53.0 Å². The van der Waals surface area contributed by atoms with Crippen molar-refractivity contribution in [3.05, 3.63) is 97.8 Å². The van der Waals surface area contributed by atoms with Gasteiger partial charge in [0.2, 0.25) is 5.76 Å². The van der Waals surface area contributed by atoms with Crippen LogP contribution < -0.4 is 19.8 Å². The number of carbonyl (C=O) groups excluding carboxylic acids is 1. The Morgan fingerprint density at radius 3 is 2.57 bits per heavy atom. The van der Waals surface area contributed by atoms with Gasteiger partial charge in [-0.25, -0.2) is 0 Å². The van der Waals surface area contributed by atoms with E-state index in [0.29, 0.717) is 46.9 Å². The lowest BCUT2D eigenvalue weighted by molar-refractivity contribution is 0.0971. The predicted octanol–water partition coefficient (Wildman–Crippen LogP) is 7.19. The van der Waals surface area contributed by atoms with Gasteiger partial charge in [0.15, 0.2) is 16.9 Å². The molecule has 190 valence electrons. The maximum atomic E-state index is 13.9. The first-order valence-electron chi connectivity index (χ1n) is 12.5. The SMILES string of the molecule is CCCCOc1ccc(C2c3c(oc4ccc(C)cc4c3=O)C(=O)N2c2cccc(Br)c2)cc1OCC. The minimum absolute atomic E-state index is 0.0626. The number of carbonyl (C=O) groups is 1. The summed E-state index contributed by atoms with van der Waals surface area (Å²) < 4.78 is 18.8. The van der Waals surface area contributed by atoms with Crippen molar-refractivity contribution in [2.45, 2.75) is 39.7 Å². The van der Waals surface area contributed by atoms with Crippen LogP contribution in [0.2, 0.25) is 0 Å². The Labute approximate surface area is 223 Å². The van der Waals surface area contributed by atoms with E-state index in [2.05, 4.69) is 22.9 Å². The van der Waals surface area contributed by atoms with Gasteiger partial charge >= 0.3 is 0 Å². The van der Waals surface area contributed by atoms with Crippen LogP contribution in [0, 0.1) is 6.92 Å². The molecule has 1 unspecified atom stereocenters. The largest absolute Gasteiger partial charge is 0.490 e. The molecule has 6 nitrogen and oxygen atoms in total. The van der Waals surface area contributed by atoms with Crippen LogP contribution in [0.1, 0.15) is 60.0 Å². The third-order valence-electron chi connectivity index (χ3n) is 6.45. The molecule has 1 amide bonds. The second-order valence-electron chi connectivity index (χ2n) is 9.07. The molecule has 1 atom stereocenters. The van der Waals surface area contributed by atoms with Crippen molar-refractivity contribution in [1.29, 1.82) is 0 Å². The van der Waals surface area contributed by atoms with Crippen molar-refractivity contribution in [3.8, 4) is 11.5 Å². The number of benzene rings is 3. The first kappa shape index (κ1) is 25.1. The summed E-state index contributed by atoms with van der Waals surface area (Å²) >= 11 is 3.51. The summed E-state index contributed by atoms with van der Waals surface area (Å²) in [6, 6.07) is 17.8. The van der Waals surface area contributed by atoms with Gasteiger partial charge in [0, 0.05) is 10.2 Å². The van der Waals surface area contributed by atoms with Gasteiger partial charge in [-0.2, -0.15) is 0 Å². The van der Waals surface area contributed by atoms with E-state index >= 15 is 0 Å². The van der Waals surface area contributed by atoms with Crippen LogP contribution in [0.3, 0.4) is 0 Å².